The lowest BCUT2D eigenvalue weighted by molar-refractivity contribution is 0.880. The minimum Gasteiger partial charge on any atom is -0.320 e. The maximum atomic E-state index is 6.44. The first-order valence-electron chi connectivity index (χ1n) is 6.34. The zero-order valence-corrected chi connectivity index (χ0v) is 13.0. The number of nitrogens with two attached hydrogens (primary N) is 1. The summed E-state index contributed by atoms with van der Waals surface area (Å²) in [6, 6.07) is 20.1. The molecule has 1 nitrogen and oxygen atoms in total. The molecule has 3 aromatic carbocycles. The third-order valence-corrected chi connectivity index (χ3v) is 4.08. The zero-order valence-electron chi connectivity index (χ0n) is 10.7. The Morgan fingerprint density at radius 2 is 1.70 bits per heavy atom. The van der Waals surface area contributed by atoms with E-state index in [1.54, 1.807) is 0 Å². The summed E-state index contributed by atoms with van der Waals surface area (Å²) in [5.74, 6) is 0. The summed E-state index contributed by atoms with van der Waals surface area (Å²) in [6.07, 6.45) is 0. The van der Waals surface area contributed by atoms with Gasteiger partial charge in [0.25, 0.3) is 0 Å². The van der Waals surface area contributed by atoms with E-state index in [-0.39, 0.29) is 6.04 Å². The quantitative estimate of drug-likeness (QED) is 0.669. The van der Waals surface area contributed by atoms with E-state index in [0.29, 0.717) is 5.02 Å². The van der Waals surface area contributed by atoms with Gasteiger partial charge in [-0.15, -0.1) is 0 Å². The van der Waals surface area contributed by atoms with Gasteiger partial charge in [-0.3, -0.25) is 0 Å². The molecule has 0 aliphatic heterocycles. The highest BCUT2D eigenvalue weighted by Crippen LogP contribution is 2.30. The van der Waals surface area contributed by atoms with Gasteiger partial charge in [-0.25, -0.2) is 0 Å². The molecule has 2 N–H and O–H groups in total. The van der Waals surface area contributed by atoms with Gasteiger partial charge in [-0.05, 0) is 40.1 Å². The number of hydrogen-bond donors (Lipinski definition) is 1. The van der Waals surface area contributed by atoms with E-state index in [2.05, 4.69) is 40.2 Å². The van der Waals surface area contributed by atoms with Crippen LogP contribution in [0.3, 0.4) is 0 Å². The van der Waals surface area contributed by atoms with Gasteiger partial charge >= 0.3 is 0 Å². The van der Waals surface area contributed by atoms with Crippen LogP contribution in [0.25, 0.3) is 10.8 Å². The number of halogens is 2. The Morgan fingerprint density at radius 1 is 0.950 bits per heavy atom. The molecule has 0 radical (unpaired) electrons. The van der Waals surface area contributed by atoms with Crippen LogP contribution < -0.4 is 5.73 Å². The second kappa shape index (κ2) is 5.57. The largest absolute Gasteiger partial charge is 0.320 e. The molecule has 0 spiro atoms. The molecule has 0 aliphatic carbocycles. The lowest BCUT2D eigenvalue weighted by atomic mass is 9.94. The minimum absolute atomic E-state index is 0.198. The molecule has 20 heavy (non-hydrogen) atoms. The number of benzene rings is 3. The third kappa shape index (κ3) is 2.59. The van der Waals surface area contributed by atoms with E-state index in [0.717, 1.165) is 15.6 Å². The van der Waals surface area contributed by atoms with Crippen LogP contribution in [-0.4, -0.2) is 0 Å². The maximum absolute atomic E-state index is 6.44. The highest BCUT2D eigenvalue weighted by atomic mass is 79.9. The maximum Gasteiger partial charge on any atom is 0.0558 e. The van der Waals surface area contributed by atoms with Crippen LogP contribution in [0, 0.1) is 0 Å². The van der Waals surface area contributed by atoms with Gasteiger partial charge in [0, 0.05) is 9.50 Å². The Morgan fingerprint density at radius 3 is 2.50 bits per heavy atom. The van der Waals surface area contributed by atoms with Crippen LogP contribution in [0.4, 0.5) is 0 Å². The van der Waals surface area contributed by atoms with Crippen molar-refractivity contribution in [2.45, 2.75) is 6.04 Å². The fraction of sp³-hybridized carbons (Fsp3) is 0.0588. The first-order valence-corrected chi connectivity index (χ1v) is 7.51. The molecule has 3 heteroatoms. The van der Waals surface area contributed by atoms with Crippen LogP contribution >= 0.6 is 27.5 Å². The monoisotopic (exact) mass is 345 g/mol. The Bertz CT molecular complexity index is 744. The molecule has 3 aromatic rings. The van der Waals surface area contributed by atoms with Crippen LogP contribution in [-0.2, 0) is 0 Å². The van der Waals surface area contributed by atoms with Crippen molar-refractivity contribution < 1.29 is 0 Å². The van der Waals surface area contributed by atoms with E-state index < -0.39 is 0 Å². The molecule has 1 unspecified atom stereocenters. The van der Waals surface area contributed by atoms with Gasteiger partial charge in [0.1, 0.15) is 0 Å². The Hall–Kier alpha value is -1.35. The van der Waals surface area contributed by atoms with Crippen molar-refractivity contribution in [2.24, 2.45) is 5.73 Å². The molecule has 100 valence electrons. The molecular formula is C17H13BrClN. The third-order valence-electron chi connectivity index (χ3n) is 3.40. The van der Waals surface area contributed by atoms with Crippen molar-refractivity contribution in [2.75, 3.05) is 0 Å². The molecule has 0 amide bonds. The molecule has 0 aromatic heterocycles. The lowest BCUT2D eigenvalue weighted by Gasteiger charge is -2.16. The zero-order chi connectivity index (χ0) is 14.1. The summed E-state index contributed by atoms with van der Waals surface area (Å²) in [5, 5.41) is 3.06. The highest BCUT2D eigenvalue weighted by Gasteiger charge is 2.13. The number of hydrogen-bond acceptors (Lipinski definition) is 1. The van der Waals surface area contributed by atoms with E-state index in [4.69, 9.17) is 17.3 Å². The molecule has 3 rings (SSSR count). The summed E-state index contributed by atoms with van der Waals surface area (Å²) < 4.78 is 0.940. The minimum atomic E-state index is -0.198. The smallest absolute Gasteiger partial charge is 0.0558 e. The van der Waals surface area contributed by atoms with Gasteiger partial charge in [-0.1, -0.05) is 70.0 Å². The first kappa shape index (κ1) is 13.6. The number of fused-ring (bicyclic) bond motifs is 1. The summed E-state index contributed by atoms with van der Waals surface area (Å²) in [5.41, 5.74) is 8.55. The second-order valence-corrected chi connectivity index (χ2v) is 6.10. The highest BCUT2D eigenvalue weighted by molar-refractivity contribution is 9.10. The van der Waals surface area contributed by atoms with E-state index in [1.807, 2.05) is 36.4 Å². The van der Waals surface area contributed by atoms with E-state index in [1.165, 1.54) is 10.8 Å². The summed E-state index contributed by atoms with van der Waals surface area (Å²) >= 11 is 9.58. The molecule has 0 fully saturated rings. The summed E-state index contributed by atoms with van der Waals surface area (Å²) in [4.78, 5) is 0. The SMILES string of the molecule is NC(c1cc(Cl)cc(Br)c1)c1cccc2ccccc12. The summed E-state index contributed by atoms with van der Waals surface area (Å²) in [6.45, 7) is 0. The van der Waals surface area contributed by atoms with Gasteiger partial charge < -0.3 is 5.73 Å². The Balaban J connectivity index is 2.15. The lowest BCUT2D eigenvalue weighted by Crippen LogP contribution is -2.12. The number of rotatable bonds is 2. The fourth-order valence-electron chi connectivity index (χ4n) is 2.46. The Labute approximate surface area is 131 Å². The van der Waals surface area contributed by atoms with Crippen LogP contribution in [0.1, 0.15) is 17.2 Å². The summed E-state index contributed by atoms with van der Waals surface area (Å²) in [7, 11) is 0. The van der Waals surface area contributed by atoms with Crippen molar-refractivity contribution in [3.8, 4) is 0 Å². The van der Waals surface area contributed by atoms with Crippen molar-refractivity contribution in [1.82, 2.24) is 0 Å². The average molecular weight is 347 g/mol. The topological polar surface area (TPSA) is 26.0 Å². The normalized spacial score (nSPS) is 12.6. The van der Waals surface area contributed by atoms with Crippen LogP contribution in [0.2, 0.25) is 5.02 Å². The van der Waals surface area contributed by atoms with Crippen LogP contribution in [0.5, 0.6) is 0 Å². The van der Waals surface area contributed by atoms with Crippen molar-refractivity contribution in [1.29, 1.82) is 0 Å². The molecule has 1 atom stereocenters. The van der Waals surface area contributed by atoms with Gasteiger partial charge in [0.2, 0.25) is 0 Å². The Kier molecular flexibility index (Phi) is 3.79. The molecule has 0 saturated heterocycles. The van der Waals surface area contributed by atoms with Gasteiger partial charge in [0.05, 0.1) is 6.04 Å². The van der Waals surface area contributed by atoms with Crippen molar-refractivity contribution >= 4 is 38.3 Å². The van der Waals surface area contributed by atoms with Crippen LogP contribution in [0.15, 0.2) is 65.1 Å². The van der Waals surface area contributed by atoms with Gasteiger partial charge in [-0.2, -0.15) is 0 Å². The second-order valence-electron chi connectivity index (χ2n) is 4.75. The van der Waals surface area contributed by atoms with Crippen molar-refractivity contribution in [3.05, 3.63) is 81.3 Å². The van der Waals surface area contributed by atoms with Crippen molar-refractivity contribution in [3.63, 3.8) is 0 Å². The predicted molar refractivity (Wildman–Crippen MR) is 89.1 cm³/mol. The molecular weight excluding hydrogens is 334 g/mol. The average Bonchev–Trinajstić information content (AvgIpc) is 2.45. The molecule has 0 heterocycles. The molecule has 0 bridgehead atoms. The van der Waals surface area contributed by atoms with Gasteiger partial charge in [0.15, 0.2) is 0 Å². The predicted octanol–water partition coefficient (Wildman–Crippen LogP) is 5.30. The molecule has 0 aliphatic rings. The first-order chi connectivity index (χ1) is 9.65. The van der Waals surface area contributed by atoms with E-state index >= 15 is 0 Å². The standard InChI is InChI=1S/C17H13BrClN/c18-13-8-12(9-14(19)10-13)17(20)16-7-3-5-11-4-1-2-6-15(11)16/h1-10,17H,20H2. The van der Waals surface area contributed by atoms with E-state index in [9.17, 15) is 0 Å². The molecule has 0 saturated carbocycles. The fourth-order valence-corrected chi connectivity index (χ4v) is 3.34.